The molecule has 0 saturated heterocycles. The molecule has 0 fully saturated rings. The van der Waals surface area contributed by atoms with Crippen LogP contribution in [0.5, 0.6) is 11.5 Å². The molecule has 8 nitrogen and oxygen atoms in total. The van der Waals surface area contributed by atoms with Crippen molar-refractivity contribution in [1.29, 1.82) is 0 Å². The molecule has 4 aliphatic carbocycles. The minimum atomic E-state index is -0.0393. The number of fused-ring (bicyclic) bond motifs is 10. The number of ketones is 4. The molecule has 0 saturated carbocycles. The zero-order chi connectivity index (χ0) is 45.3. The number of ether oxygens (including phenoxy) is 2. The third-order valence-corrected chi connectivity index (χ3v) is 14.4. The third-order valence-electron chi connectivity index (χ3n) is 14.4. The van der Waals surface area contributed by atoms with Crippen LogP contribution in [0.1, 0.15) is 153 Å². The molecule has 0 amide bonds. The van der Waals surface area contributed by atoms with E-state index >= 15 is 0 Å². The van der Waals surface area contributed by atoms with Crippen LogP contribution >= 0.6 is 0 Å². The van der Waals surface area contributed by atoms with E-state index < -0.39 is 0 Å². The molecule has 2 heterocycles. The third kappa shape index (κ3) is 8.40. The number of aryl methyl sites for hydroxylation is 2. The van der Waals surface area contributed by atoms with Crippen LogP contribution in [0.2, 0.25) is 0 Å². The van der Waals surface area contributed by atoms with E-state index in [-0.39, 0.29) is 35.0 Å². The summed E-state index contributed by atoms with van der Waals surface area (Å²) in [6.07, 6.45) is 13.0. The number of hydrogen-bond acceptors (Lipinski definition) is 6. The second-order valence-corrected chi connectivity index (χ2v) is 19.3. The summed E-state index contributed by atoms with van der Waals surface area (Å²) in [6.45, 7) is 6.92. The number of rotatable bonds is 19. The highest BCUT2D eigenvalue weighted by atomic mass is 16.5. The van der Waals surface area contributed by atoms with Crippen molar-refractivity contribution in [1.82, 2.24) is 9.13 Å². The molecule has 10 rings (SSSR count). The van der Waals surface area contributed by atoms with E-state index in [1.165, 1.54) is 24.0 Å². The Morgan fingerprint density at radius 1 is 0.455 bits per heavy atom. The Kier molecular flexibility index (Phi) is 12.5. The minimum Gasteiger partial charge on any atom is -0.494 e. The van der Waals surface area contributed by atoms with Crippen LogP contribution in [0, 0.1) is 11.8 Å². The first-order valence-electron chi connectivity index (χ1n) is 24.5. The zero-order valence-corrected chi connectivity index (χ0v) is 38.5. The SMILES string of the molecule is CC1CC(=O)c2c3c(n(CCc4ccccc4)c2C1)-c1cc(OCCCCCCCCCCOc2ccc4c(c2)-c2c(c5c(n2CCc2ccccc2)CC(C)CC5=O)C4=O)ccc1C3=O. The lowest BCUT2D eigenvalue weighted by atomic mass is 9.86. The highest BCUT2D eigenvalue weighted by molar-refractivity contribution is 6.27. The van der Waals surface area contributed by atoms with E-state index in [1.807, 2.05) is 48.5 Å². The number of benzene rings is 4. The Labute approximate surface area is 388 Å². The normalized spacial score (nSPS) is 16.8. The van der Waals surface area contributed by atoms with Crippen LogP contribution in [0.25, 0.3) is 22.5 Å². The van der Waals surface area contributed by atoms with Crippen LogP contribution in [0.3, 0.4) is 0 Å². The van der Waals surface area contributed by atoms with Gasteiger partial charge in [-0.05, 0) is 97.9 Å². The predicted octanol–water partition coefficient (Wildman–Crippen LogP) is 12.3. The summed E-state index contributed by atoms with van der Waals surface area (Å²) in [5.41, 5.74) is 11.9. The lowest BCUT2D eigenvalue weighted by Gasteiger charge is -2.22. The van der Waals surface area contributed by atoms with Gasteiger partial charge in [0.15, 0.2) is 23.1 Å². The van der Waals surface area contributed by atoms with Gasteiger partial charge in [-0.2, -0.15) is 0 Å². The number of carbonyl (C=O) groups is 4. The average molecular weight is 881 g/mol. The molecule has 66 heavy (non-hydrogen) atoms. The number of aromatic nitrogens is 2. The lowest BCUT2D eigenvalue weighted by Crippen LogP contribution is -2.21. The van der Waals surface area contributed by atoms with Gasteiger partial charge in [0.1, 0.15) is 11.5 Å². The van der Waals surface area contributed by atoms with E-state index in [0.717, 1.165) is 110 Å². The Hall–Kier alpha value is -6.28. The van der Waals surface area contributed by atoms with Crippen molar-refractivity contribution >= 4 is 23.1 Å². The highest BCUT2D eigenvalue weighted by Gasteiger charge is 2.42. The molecule has 0 bridgehead atoms. The maximum atomic E-state index is 13.9. The number of carbonyl (C=O) groups excluding carboxylic acids is 4. The Balaban J connectivity index is 0.682. The number of hydrogen-bond donors (Lipinski definition) is 0. The lowest BCUT2D eigenvalue weighted by molar-refractivity contribution is 0.0937. The predicted molar refractivity (Wildman–Crippen MR) is 258 cm³/mol. The molecule has 4 aliphatic rings. The first kappa shape index (κ1) is 43.6. The van der Waals surface area contributed by atoms with Crippen molar-refractivity contribution in [2.24, 2.45) is 11.8 Å². The summed E-state index contributed by atoms with van der Waals surface area (Å²) >= 11 is 0. The number of Topliss-reactive ketones (excluding diaryl/α,β-unsaturated/α-hetero) is 2. The van der Waals surface area contributed by atoms with Crippen molar-refractivity contribution in [2.45, 2.75) is 117 Å². The van der Waals surface area contributed by atoms with Gasteiger partial charge in [0.05, 0.1) is 46.9 Å². The van der Waals surface area contributed by atoms with Crippen molar-refractivity contribution in [3.05, 3.63) is 153 Å². The Bertz CT molecular complexity index is 2640. The van der Waals surface area contributed by atoms with E-state index in [0.29, 0.717) is 72.5 Å². The number of nitrogens with zero attached hydrogens (tertiary/aromatic N) is 2. The smallest absolute Gasteiger partial charge is 0.196 e. The summed E-state index contributed by atoms with van der Waals surface area (Å²) in [5, 5.41) is 0. The summed E-state index contributed by atoms with van der Waals surface area (Å²) in [7, 11) is 0. The molecule has 4 aromatic carbocycles. The maximum Gasteiger partial charge on any atom is 0.196 e. The van der Waals surface area contributed by atoms with Crippen LogP contribution in [-0.4, -0.2) is 45.5 Å². The van der Waals surface area contributed by atoms with Crippen LogP contribution in [-0.2, 0) is 38.8 Å². The molecule has 338 valence electrons. The molecular weight excluding hydrogens is 821 g/mol. The standard InChI is InChI=1S/C58H60N2O6/c1-37-31-47-51(49(61)33-37)53-55(59(47)27-25-39-17-11-9-12-18-39)45-35-41(21-23-43(45)57(53)63)65-29-15-7-5-3-4-6-8-16-30-66-42-22-24-44-46(36-42)56-54(58(44)64)52-48(32-38(2)34-50(52)62)60(56)28-26-40-19-13-10-14-20-40/h9-14,17-24,35-38H,3-8,15-16,25-34H2,1-2H3. The molecule has 6 aromatic rings. The van der Waals surface area contributed by atoms with E-state index in [1.54, 1.807) is 0 Å². The van der Waals surface area contributed by atoms with Crippen molar-refractivity contribution in [2.75, 3.05) is 13.2 Å². The van der Waals surface area contributed by atoms with Crippen molar-refractivity contribution in [3.63, 3.8) is 0 Å². The van der Waals surface area contributed by atoms with Gasteiger partial charge in [0.25, 0.3) is 0 Å². The second kappa shape index (κ2) is 18.9. The highest BCUT2D eigenvalue weighted by Crippen LogP contribution is 2.47. The van der Waals surface area contributed by atoms with Gasteiger partial charge in [0, 0.05) is 59.6 Å². The topological polar surface area (TPSA) is 96.6 Å². The van der Waals surface area contributed by atoms with E-state index in [9.17, 15) is 19.2 Å². The molecule has 0 radical (unpaired) electrons. The maximum absolute atomic E-state index is 13.9. The van der Waals surface area contributed by atoms with Gasteiger partial charge in [-0.15, -0.1) is 0 Å². The number of unbranched alkanes of at least 4 members (excludes halogenated alkanes) is 7. The van der Waals surface area contributed by atoms with E-state index in [2.05, 4.69) is 71.5 Å². The molecule has 2 aromatic heterocycles. The van der Waals surface area contributed by atoms with Gasteiger partial charge in [-0.1, -0.05) is 113 Å². The van der Waals surface area contributed by atoms with Gasteiger partial charge in [-0.25, -0.2) is 0 Å². The fourth-order valence-electron chi connectivity index (χ4n) is 11.2. The Morgan fingerprint density at radius 2 is 0.848 bits per heavy atom. The van der Waals surface area contributed by atoms with Crippen LogP contribution in [0.15, 0.2) is 97.1 Å². The first-order valence-corrected chi connectivity index (χ1v) is 24.5. The molecule has 0 N–H and O–H groups in total. The van der Waals surface area contributed by atoms with Crippen molar-refractivity contribution < 1.29 is 28.7 Å². The molecule has 0 spiro atoms. The summed E-state index contributed by atoms with van der Waals surface area (Å²) in [6, 6.07) is 32.4. The fraction of sp³-hybridized carbons (Fsp3) is 0.379. The molecule has 8 heteroatoms. The van der Waals surface area contributed by atoms with Gasteiger partial charge < -0.3 is 18.6 Å². The zero-order valence-electron chi connectivity index (χ0n) is 38.5. The second-order valence-electron chi connectivity index (χ2n) is 19.3. The quantitative estimate of drug-likeness (QED) is 0.0751. The summed E-state index contributed by atoms with van der Waals surface area (Å²) in [4.78, 5) is 54.6. The molecule has 2 unspecified atom stereocenters. The average Bonchev–Trinajstić information content (AvgIpc) is 4.00. The first-order chi connectivity index (χ1) is 32.2. The largest absolute Gasteiger partial charge is 0.494 e. The van der Waals surface area contributed by atoms with Crippen LogP contribution in [0.4, 0.5) is 0 Å². The molecule has 0 aliphatic heterocycles. The molecular formula is C58H60N2O6. The van der Waals surface area contributed by atoms with Crippen molar-refractivity contribution in [3.8, 4) is 34.0 Å². The summed E-state index contributed by atoms with van der Waals surface area (Å²) < 4.78 is 17.1. The minimum absolute atomic E-state index is 0.0393. The monoisotopic (exact) mass is 880 g/mol. The fourth-order valence-corrected chi connectivity index (χ4v) is 11.2. The van der Waals surface area contributed by atoms with Crippen LogP contribution < -0.4 is 9.47 Å². The van der Waals surface area contributed by atoms with E-state index in [4.69, 9.17) is 9.47 Å². The van der Waals surface area contributed by atoms with Gasteiger partial charge >= 0.3 is 0 Å². The molecule has 2 atom stereocenters. The Morgan fingerprint density at radius 3 is 1.26 bits per heavy atom. The van der Waals surface area contributed by atoms with Gasteiger partial charge in [-0.3, -0.25) is 19.2 Å². The van der Waals surface area contributed by atoms with Gasteiger partial charge in [0.2, 0.25) is 0 Å². The summed E-state index contributed by atoms with van der Waals surface area (Å²) in [5.74, 6) is 2.13.